The highest BCUT2D eigenvalue weighted by Gasteiger charge is 2.25. The lowest BCUT2D eigenvalue weighted by molar-refractivity contribution is -0.0856. The molecule has 0 aromatic rings. The van der Waals surface area contributed by atoms with Gasteiger partial charge >= 0.3 is 0 Å². The van der Waals surface area contributed by atoms with E-state index >= 15 is 0 Å². The van der Waals surface area contributed by atoms with Crippen LogP contribution in [-0.4, -0.2) is 13.2 Å². The molecule has 0 N–H and O–H groups in total. The van der Waals surface area contributed by atoms with Crippen LogP contribution >= 0.6 is 0 Å². The van der Waals surface area contributed by atoms with Crippen molar-refractivity contribution in [2.45, 2.75) is 34.1 Å². The van der Waals surface area contributed by atoms with E-state index in [4.69, 9.17) is 9.47 Å². The van der Waals surface area contributed by atoms with Crippen molar-refractivity contribution < 1.29 is 9.47 Å². The molecule has 0 aromatic heterocycles. The fourth-order valence-corrected chi connectivity index (χ4v) is 1.07. The fourth-order valence-electron chi connectivity index (χ4n) is 1.07. The van der Waals surface area contributed by atoms with E-state index in [1.807, 2.05) is 6.08 Å². The van der Waals surface area contributed by atoms with Gasteiger partial charge in [0.1, 0.15) is 0 Å². The van der Waals surface area contributed by atoms with Crippen molar-refractivity contribution in [1.29, 1.82) is 0 Å². The van der Waals surface area contributed by atoms with Gasteiger partial charge in [0.2, 0.25) is 0 Å². The first-order valence-electron chi connectivity index (χ1n) is 4.95. The van der Waals surface area contributed by atoms with Crippen molar-refractivity contribution in [3.05, 3.63) is 12.0 Å². The minimum Gasteiger partial charge on any atom is -0.465 e. The van der Waals surface area contributed by atoms with Gasteiger partial charge in [-0.25, -0.2) is 0 Å². The normalized spacial score (nSPS) is 20.8. The third-order valence-electron chi connectivity index (χ3n) is 1.97. The number of rotatable bonds is 2. The minimum absolute atomic E-state index is 0.162. The molecule has 1 aliphatic rings. The van der Waals surface area contributed by atoms with Gasteiger partial charge in [0.25, 0.3) is 5.95 Å². The zero-order chi connectivity index (χ0) is 9.90. The van der Waals surface area contributed by atoms with Crippen molar-refractivity contribution in [2.75, 3.05) is 13.2 Å². The van der Waals surface area contributed by atoms with E-state index in [0.717, 1.165) is 19.6 Å². The highest BCUT2D eigenvalue weighted by atomic mass is 16.7. The van der Waals surface area contributed by atoms with Crippen molar-refractivity contribution in [3.63, 3.8) is 0 Å². The lowest BCUT2D eigenvalue weighted by Crippen LogP contribution is -2.30. The SMILES string of the molecule is CC(C)CC=C1OCC(C)(C)CO1. The van der Waals surface area contributed by atoms with Crippen LogP contribution in [0.5, 0.6) is 0 Å². The molecule has 0 bridgehead atoms. The van der Waals surface area contributed by atoms with E-state index in [-0.39, 0.29) is 5.41 Å². The van der Waals surface area contributed by atoms with E-state index in [0.29, 0.717) is 11.9 Å². The Morgan fingerprint density at radius 1 is 1.31 bits per heavy atom. The molecule has 1 heterocycles. The number of hydrogen-bond donors (Lipinski definition) is 0. The van der Waals surface area contributed by atoms with Gasteiger partial charge in [-0.05, 0) is 18.4 Å². The van der Waals surface area contributed by atoms with Gasteiger partial charge in [-0.15, -0.1) is 0 Å². The van der Waals surface area contributed by atoms with E-state index in [9.17, 15) is 0 Å². The van der Waals surface area contributed by atoms with Gasteiger partial charge in [-0.3, -0.25) is 0 Å². The first kappa shape index (κ1) is 10.4. The van der Waals surface area contributed by atoms with E-state index in [1.54, 1.807) is 0 Å². The van der Waals surface area contributed by atoms with Crippen LogP contribution < -0.4 is 0 Å². The lowest BCUT2D eigenvalue weighted by Gasteiger charge is -2.31. The molecule has 76 valence electrons. The quantitative estimate of drug-likeness (QED) is 0.657. The number of ether oxygens (including phenoxy) is 2. The van der Waals surface area contributed by atoms with Crippen LogP contribution in [0.2, 0.25) is 0 Å². The molecule has 13 heavy (non-hydrogen) atoms. The van der Waals surface area contributed by atoms with Gasteiger partial charge in [-0.1, -0.05) is 27.7 Å². The van der Waals surface area contributed by atoms with E-state index in [2.05, 4.69) is 27.7 Å². The highest BCUT2D eigenvalue weighted by Crippen LogP contribution is 2.24. The Bertz CT molecular complexity index is 180. The zero-order valence-corrected chi connectivity index (χ0v) is 9.09. The molecular formula is C11H20O2. The highest BCUT2D eigenvalue weighted by molar-refractivity contribution is 4.89. The van der Waals surface area contributed by atoms with Crippen molar-refractivity contribution in [2.24, 2.45) is 11.3 Å². The standard InChI is InChI=1S/C11H20O2/c1-9(2)5-6-10-12-7-11(3,4)8-13-10/h6,9H,5,7-8H2,1-4H3. The van der Waals surface area contributed by atoms with Crippen LogP contribution in [0.1, 0.15) is 34.1 Å². The lowest BCUT2D eigenvalue weighted by atomic mass is 9.96. The van der Waals surface area contributed by atoms with Crippen LogP contribution in [0.3, 0.4) is 0 Å². The third kappa shape index (κ3) is 3.71. The molecule has 0 saturated carbocycles. The number of allylic oxidation sites excluding steroid dienone is 1. The fraction of sp³-hybridized carbons (Fsp3) is 0.818. The second-order valence-electron chi connectivity index (χ2n) is 4.89. The average molecular weight is 184 g/mol. The summed E-state index contributed by atoms with van der Waals surface area (Å²) < 4.78 is 11.0. The summed E-state index contributed by atoms with van der Waals surface area (Å²) in [6.07, 6.45) is 3.07. The Morgan fingerprint density at radius 3 is 2.31 bits per heavy atom. The molecule has 1 rings (SSSR count). The first-order valence-corrected chi connectivity index (χ1v) is 4.95. The van der Waals surface area contributed by atoms with Gasteiger partial charge < -0.3 is 9.47 Å². The smallest absolute Gasteiger partial charge is 0.274 e. The second kappa shape index (κ2) is 4.03. The Morgan fingerprint density at radius 2 is 1.85 bits per heavy atom. The Kier molecular flexibility index (Phi) is 3.23. The van der Waals surface area contributed by atoms with Crippen molar-refractivity contribution >= 4 is 0 Å². The topological polar surface area (TPSA) is 18.5 Å². The summed E-state index contributed by atoms with van der Waals surface area (Å²) in [6, 6.07) is 0. The Hall–Kier alpha value is -0.660. The molecule has 0 unspecified atom stereocenters. The molecule has 0 spiro atoms. The summed E-state index contributed by atoms with van der Waals surface area (Å²) in [5.41, 5.74) is 0.162. The summed E-state index contributed by atoms with van der Waals surface area (Å²) in [7, 11) is 0. The van der Waals surface area contributed by atoms with Gasteiger partial charge in [0.05, 0.1) is 13.2 Å². The molecule has 0 aliphatic carbocycles. The van der Waals surface area contributed by atoms with Crippen LogP contribution in [0, 0.1) is 11.3 Å². The molecule has 1 aliphatic heterocycles. The van der Waals surface area contributed by atoms with Crippen molar-refractivity contribution in [1.82, 2.24) is 0 Å². The predicted octanol–water partition coefficient (Wildman–Crippen LogP) is 2.95. The molecule has 2 heteroatoms. The summed E-state index contributed by atoms with van der Waals surface area (Å²) in [4.78, 5) is 0. The molecule has 2 nitrogen and oxygen atoms in total. The van der Waals surface area contributed by atoms with Gasteiger partial charge in [0, 0.05) is 5.41 Å². The molecule has 1 saturated heterocycles. The largest absolute Gasteiger partial charge is 0.465 e. The summed E-state index contributed by atoms with van der Waals surface area (Å²) in [6.45, 7) is 10.2. The first-order chi connectivity index (χ1) is 5.99. The maximum Gasteiger partial charge on any atom is 0.274 e. The van der Waals surface area contributed by atoms with Crippen LogP contribution in [0.15, 0.2) is 12.0 Å². The molecule has 0 radical (unpaired) electrons. The molecule has 0 atom stereocenters. The minimum atomic E-state index is 0.162. The maximum atomic E-state index is 5.48. The number of hydrogen-bond acceptors (Lipinski definition) is 2. The summed E-state index contributed by atoms with van der Waals surface area (Å²) in [5.74, 6) is 1.38. The van der Waals surface area contributed by atoms with E-state index in [1.165, 1.54) is 0 Å². The van der Waals surface area contributed by atoms with Crippen LogP contribution in [0.25, 0.3) is 0 Å². The van der Waals surface area contributed by atoms with Crippen LogP contribution in [0.4, 0.5) is 0 Å². The second-order valence-corrected chi connectivity index (χ2v) is 4.89. The predicted molar refractivity (Wildman–Crippen MR) is 53.2 cm³/mol. The average Bonchev–Trinajstić information content (AvgIpc) is 2.02. The summed E-state index contributed by atoms with van der Waals surface area (Å²) >= 11 is 0. The monoisotopic (exact) mass is 184 g/mol. The molecule has 0 amide bonds. The molecule has 1 fully saturated rings. The maximum absolute atomic E-state index is 5.48. The Labute approximate surface area is 80.9 Å². The van der Waals surface area contributed by atoms with E-state index < -0.39 is 0 Å². The van der Waals surface area contributed by atoms with Crippen molar-refractivity contribution in [3.8, 4) is 0 Å². The van der Waals surface area contributed by atoms with Crippen LogP contribution in [-0.2, 0) is 9.47 Å². The Balaban J connectivity index is 2.36. The summed E-state index contributed by atoms with van der Waals surface area (Å²) in [5, 5.41) is 0. The zero-order valence-electron chi connectivity index (χ0n) is 9.09. The molecular weight excluding hydrogens is 164 g/mol. The van der Waals surface area contributed by atoms with Gasteiger partial charge in [-0.2, -0.15) is 0 Å². The third-order valence-corrected chi connectivity index (χ3v) is 1.97. The molecule has 0 aromatic carbocycles. The van der Waals surface area contributed by atoms with Gasteiger partial charge in [0.15, 0.2) is 0 Å².